The number of anilines is 1. The summed E-state index contributed by atoms with van der Waals surface area (Å²) in [5.41, 5.74) is 7.77. The lowest BCUT2D eigenvalue weighted by Crippen LogP contribution is -2.32. The first-order valence-corrected chi connectivity index (χ1v) is 11.3. The third kappa shape index (κ3) is 5.38. The van der Waals surface area contributed by atoms with Crippen molar-refractivity contribution in [3.63, 3.8) is 0 Å². The van der Waals surface area contributed by atoms with E-state index in [1.54, 1.807) is 60.7 Å². The molecule has 8 heteroatoms. The molecule has 0 heterocycles. The summed E-state index contributed by atoms with van der Waals surface area (Å²) in [6, 6.07) is 17.7. The average Bonchev–Trinajstić information content (AvgIpc) is 2.83. The number of nitrogen functional groups attached to an aromatic ring is 1. The molecule has 0 spiro atoms. The lowest BCUT2D eigenvalue weighted by molar-refractivity contribution is 0.0697. The van der Waals surface area contributed by atoms with E-state index in [1.165, 1.54) is 12.5 Å². The summed E-state index contributed by atoms with van der Waals surface area (Å²) in [6.45, 7) is 0.583. The van der Waals surface area contributed by atoms with E-state index < -0.39 is 11.9 Å². The number of amidine groups is 1. The van der Waals surface area contributed by atoms with E-state index in [2.05, 4.69) is 10.6 Å². The van der Waals surface area contributed by atoms with Crippen LogP contribution in [0.25, 0.3) is 11.1 Å². The van der Waals surface area contributed by atoms with Gasteiger partial charge in [0.05, 0.1) is 5.56 Å². The zero-order valence-corrected chi connectivity index (χ0v) is 19.0. The van der Waals surface area contributed by atoms with Crippen LogP contribution in [0.3, 0.4) is 0 Å². The molecule has 0 aliphatic heterocycles. The number of amides is 2. The van der Waals surface area contributed by atoms with Crippen molar-refractivity contribution in [2.75, 3.05) is 11.9 Å². The Hall–Kier alpha value is -4.46. The number of carbonyl (C=O) groups is 3. The Kier molecular flexibility index (Phi) is 6.91. The van der Waals surface area contributed by atoms with Crippen molar-refractivity contribution >= 4 is 29.3 Å². The highest BCUT2D eigenvalue weighted by Crippen LogP contribution is 2.29. The van der Waals surface area contributed by atoms with Crippen molar-refractivity contribution in [2.45, 2.75) is 19.3 Å². The topological polar surface area (TPSA) is 145 Å². The predicted octanol–water partition coefficient (Wildman–Crippen LogP) is 4.12. The van der Waals surface area contributed by atoms with Crippen LogP contribution in [-0.2, 0) is 0 Å². The van der Waals surface area contributed by atoms with Crippen molar-refractivity contribution < 1.29 is 19.5 Å². The van der Waals surface area contributed by atoms with Gasteiger partial charge in [-0.1, -0.05) is 30.7 Å². The van der Waals surface area contributed by atoms with E-state index in [4.69, 9.17) is 11.1 Å². The van der Waals surface area contributed by atoms with E-state index in [-0.39, 0.29) is 28.4 Å². The number of nitrogens with one attached hydrogen (secondary N) is 3. The van der Waals surface area contributed by atoms with E-state index in [0.29, 0.717) is 34.8 Å². The summed E-state index contributed by atoms with van der Waals surface area (Å²) >= 11 is 0. The lowest BCUT2D eigenvalue weighted by atomic mass is 9.85. The average molecular weight is 471 g/mol. The molecule has 2 amide bonds. The van der Waals surface area contributed by atoms with Gasteiger partial charge in [-0.3, -0.25) is 15.0 Å². The molecule has 3 aromatic carbocycles. The summed E-state index contributed by atoms with van der Waals surface area (Å²) in [5.74, 6) is -1.51. The first-order chi connectivity index (χ1) is 16.8. The van der Waals surface area contributed by atoms with E-state index in [9.17, 15) is 19.5 Å². The standard InChI is InChI=1S/C27H26N4O4/c28-24(29)17-8-11-19(12-9-17)31-26(33)22-7-2-1-6-20(22)21-13-10-18(14-23(21)27(34)35)25(32)30-15-16-4-3-5-16/h1-2,6-14,16H,3-5,15H2,(H3,28,29)(H,30,32)(H,31,33)(H,34,35). The molecule has 8 nitrogen and oxygen atoms in total. The van der Waals surface area contributed by atoms with Gasteiger partial charge in [-0.05, 0) is 72.4 Å². The molecule has 0 aromatic heterocycles. The molecule has 0 saturated heterocycles. The molecule has 0 unspecified atom stereocenters. The molecule has 178 valence electrons. The summed E-state index contributed by atoms with van der Waals surface area (Å²) in [4.78, 5) is 37.7. The molecule has 0 bridgehead atoms. The predicted molar refractivity (Wildman–Crippen MR) is 134 cm³/mol. The van der Waals surface area contributed by atoms with Crippen molar-refractivity contribution in [1.82, 2.24) is 5.32 Å². The summed E-state index contributed by atoms with van der Waals surface area (Å²) in [7, 11) is 0. The van der Waals surface area contributed by atoms with Gasteiger partial charge in [0.15, 0.2) is 0 Å². The molecule has 35 heavy (non-hydrogen) atoms. The molecule has 0 radical (unpaired) electrons. The van der Waals surface area contributed by atoms with Crippen LogP contribution in [0.15, 0.2) is 66.7 Å². The van der Waals surface area contributed by atoms with Crippen LogP contribution in [0.4, 0.5) is 5.69 Å². The zero-order chi connectivity index (χ0) is 24.9. The van der Waals surface area contributed by atoms with Gasteiger partial charge in [0, 0.05) is 28.9 Å². The first-order valence-electron chi connectivity index (χ1n) is 11.3. The van der Waals surface area contributed by atoms with Gasteiger partial charge in [-0.2, -0.15) is 0 Å². The van der Waals surface area contributed by atoms with E-state index >= 15 is 0 Å². The summed E-state index contributed by atoms with van der Waals surface area (Å²) in [6.07, 6.45) is 3.37. The SMILES string of the molecule is N=C(N)c1ccc(NC(=O)c2ccccc2-c2ccc(C(=O)NCC3CCC3)cc2C(=O)O)cc1. The highest BCUT2D eigenvalue weighted by atomic mass is 16.4. The molecular weight excluding hydrogens is 444 g/mol. The van der Waals surface area contributed by atoms with Gasteiger partial charge < -0.3 is 21.5 Å². The van der Waals surface area contributed by atoms with Crippen LogP contribution in [0.2, 0.25) is 0 Å². The highest BCUT2D eigenvalue weighted by Gasteiger charge is 2.22. The number of aromatic carboxylic acids is 1. The van der Waals surface area contributed by atoms with Crippen LogP contribution < -0.4 is 16.4 Å². The second-order valence-electron chi connectivity index (χ2n) is 8.56. The van der Waals surface area contributed by atoms with Crippen molar-refractivity contribution in [3.05, 3.63) is 89.0 Å². The Balaban J connectivity index is 1.60. The number of benzene rings is 3. The van der Waals surface area contributed by atoms with Crippen molar-refractivity contribution in [2.24, 2.45) is 11.7 Å². The molecule has 1 aliphatic rings. The normalized spacial score (nSPS) is 12.9. The van der Waals surface area contributed by atoms with Gasteiger partial charge in [0.1, 0.15) is 5.84 Å². The molecule has 4 rings (SSSR count). The number of rotatable bonds is 8. The molecule has 0 atom stereocenters. The van der Waals surface area contributed by atoms with Gasteiger partial charge >= 0.3 is 5.97 Å². The Bertz CT molecular complexity index is 1300. The maximum atomic E-state index is 13.1. The second kappa shape index (κ2) is 10.2. The fraction of sp³-hybridized carbons (Fsp3) is 0.185. The number of carboxylic acids is 1. The van der Waals surface area contributed by atoms with E-state index in [0.717, 1.165) is 12.8 Å². The third-order valence-corrected chi connectivity index (χ3v) is 6.20. The van der Waals surface area contributed by atoms with Gasteiger partial charge in [0.2, 0.25) is 0 Å². The Labute approximate surface area is 202 Å². The molecule has 1 aliphatic carbocycles. The molecule has 3 aromatic rings. The second-order valence-corrected chi connectivity index (χ2v) is 8.56. The van der Waals surface area contributed by atoms with Crippen LogP contribution >= 0.6 is 0 Å². The minimum Gasteiger partial charge on any atom is -0.478 e. The fourth-order valence-electron chi connectivity index (χ4n) is 3.98. The minimum absolute atomic E-state index is 0.0626. The Morgan fingerprint density at radius 1 is 0.886 bits per heavy atom. The van der Waals surface area contributed by atoms with E-state index in [1.807, 2.05) is 0 Å². The number of carboxylic acid groups (broad SMARTS) is 1. The molecule has 1 saturated carbocycles. The fourth-order valence-corrected chi connectivity index (χ4v) is 3.98. The maximum Gasteiger partial charge on any atom is 0.336 e. The summed E-state index contributed by atoms with van der Waals surface area (Å²) in [5, 5.41) is 23.0. The van der Waals surface area contributed by atoms with Crippen LogP contribution in [-0.4, -0.2) is 35.3 Å². The number of nitrogens with two attached hydrogens (primary N) is 1. The minimum atomic E-state index is -1.19. The first kappa shape index (κ1) is 23.7. The quantitative estimate of drug-likeness (QED) is 0.248. The zero-order valence-electron chi connectivity index (χ0n) is 19.0. The molecular formula is C27H26N4O4. The summed E-state index contributed by atoms with van der Waals surface area (Å²) < 4.78 is 0. The lowest BCUT2D eigenvalue weighted by Gasteiger charge is -2.25. The number of hydrogen-bond acceptors (Lipinski definition) is 4. The molecule has 6 N–H and O–H groups in total. The van der Waals surface area contributed by atoms with Crippen molar-refractivity contribution in [3.8, 4) is 11.1 Å². The van der Waals surface area contributed by atoms with Gasteiger partial charge in [-0.25, -0.2) is 4.79 Å². The number of hydrogen-bond donors (Lipinski definition) is 5. The largest absolute Gasteiger partial charge is 0.478 e. The highest BCUT2D eigenvalue weighted by molar-refractivity contribution is 6.11. The van der Waals surface area contributed by atoms with Crippen LogP contribution in [0, 0.1) is 11.3 Å². The van der Waals surface area contributed by atoms with Crippen molar-refractivity contribution in [1.29, 1.82) is 5.41 Å². The van der Waals surface area contributed by atoms with Crippen LogP contribution in [0.1, 0.15) is 55.9 Å². The van der Waals surface area contributed by atoms with Crippen LogP contribution in [0.5, 0.6) is 0 Å². The number of carbonyl (C=O) groups excluding carboxylic acids is 2. The Morgan fingerprint density at radius 2 is 1.54 bits per heavy atom. The molecule has 1 fully saturated rings. The Morgan fingerprint density at radius 3 is 2.17 bits per heavy atom. The van der Waals surface area contributed by atoms with Gasteiger partial charge in [0.25, 0.3) is 11.8 Å². The maximum absolute atomic E-state index is 13.1. The third-order valence-electron chi connectivity index (χ3n) is 6.20. The van der Waals surface area contributed by atoms with Gasteiger partial charge in [-0.15, -0.1) is 0 Å². The smallest absolute Gasteiger partial charge is 0.336 e. The monoisotopic (exact) mass is 470 g/mol.